The summed E-state index contributed by atoms with van der Waals surface area (Å²) in [6.07, 6.45) is -0.214. The van der Waals surface area contributed by atoms with Crippen molar-refractivity contribution < 1.29 is 9.84 Å². The van der Waals surface area contributed by atoms with Crippen LogP contribution in [0.5, 0.6) is 5.75 Å². The predicted molar refractivity (Wildman–Crippen MR) is 115 cm³/mol. The number of aryl methyl sites for hydroxylation is 2. The summed E-state index contributed by atoms with van der Waals surface area (Å²) in [6, 6.07) is 20.9. The third kappa shape index (κ3) is 2.95. The van der Waals surface area contributed by atoms with Crippen LogP contribution in [0.15, 0.2) is 60.7 Å². The van der Waals surface area contributed by atoms with E-state index in [0.29, 0.717) is 0 Å². The van der Waals surface area contributed by atoms with Gasteiger partial charge in [-0.25, -0.2) is 4.68 Å². The molecule has 2 N–H and O–H groups in total. The van der Waals surface area contributed by atoms with Crippen LogP contribution in [0.4, 0.5) is 5.69 Å². The molecule has 0 saturated carbocycles. The molecule has 0 bridgehead atoms. The molecular weight excluding hydrogens is 362 g/mol. The Morgan fingerprint density at radius 3 is 2.79 bits per heavy atom. The topological polar surface area (TPSA) is 59.3 Å². The second kappa shape index (κ2) is 6.94. The van der Waals surface area contributed by atoms with Crippen LogP contribution in [0.2, 0.25) is 0 Å². The molecule has 29 heavy (non-hydrogen) atoms. The molecule has 146 valence electrons. The minimum atomic E-state index is -0.214. The van der Waals surface area contributed by atoms with Gasteiger partial charge in [-0.3, -0.25) is 0 Å². The Kier molecular flexibility index (Phi) is 4.25. The molecule has 1 aromatic heterocycles. The molecule has 0 saturated heterocycles. The average Bonchev–Trinajstić information content (AvgIpc) is 3.13. The van der Waals surface area contributed by atoms with Crippen LogP contribution in [0, 0.1) is 13.8 Å². The molecule has 2 heterocycles. The summed E-state index contributed by atoms with van der Waals surface area (Å²) < 4.78 is 7.99. The first-order valence-electron chi connectivity index (χ1n) is 9.85. The summed E-state index contributed by atoms with van der Waals surface area (Å²) >= 11 is 0. The number of aromatic nitrogens is 2. The fraction of sp³-hybridized carbons (Fsp3) is 0.208. The number of aliphatic hydroxyl groups excluding tert-OH is 1. The molecule has 5 rings (SSSR count). The normalized spacial score (nSPS) is 14.9. The summed E-state index contributed by atoms with van der Waals surface area (Å²) in [7, 11) is 0. The van der Waals surface area contributed by atoms with Crippen LogP contribution in [0.25, 0.3) is 22.0 Å². The highest BCUT2D eigenvalue weighted by molar-refractivity contribution is 5.90. The summed E-state index contributed by atoms with van der Waals surface area (Å²) in [5.41, 5.74) is 6.53. The fourth-order valence-corrected chi connectivity index (χ4v) is 4.15. The van der Waals surface area contributed by atoms with E-state index in [1.165, 1.54) is 5.56 Å². The van der Waals surface area contributed by atoms with Crippen molar-refractivity contribution in [3.63, 3.8) is 0 Å². The van der Waals surface area contributed by atoms with E-state index in [1.807, 2.05) is 29.8 Å². The molecule has 1 unspecified atom stereocenters. The lowest BCUT2D eigenvalue weighted by Gasteiger charge is -2.31. The van der Waals surface area contributed by atoms with Gasteiger partial charge >= 0.3 is 0 Å². The first-order valence-corrected chi connectivity index (χ1v) is 9.85. The number of hydrogen-bond donors (Lipinski definition) is 2. The second-order valence-electron chi connectivity index (χ2n) is 7.48. The molecule has 0 spiro atoms. The standard InChI is InChI=1S/C24H23N3O2/c1-15-7-9-20-19(13-15)21-14-16(2)26-27(21)24(25-20)23-18-6-4-3-5-17(18)8-10-22(23)29-12-11-28/h3-10,13-14,24-25,28H,11-12H2,1-2H3. The second-order valence-corrected chi connectivity index (χ2v) is 7.48. The van der Waals surface area contributed by atoms with Crippen molar-refractivity contribution >= 4 is 16.5 Å². The molecule has 5 heteroatoms. The largest absolute Gasteiger partial charge is 0.491 e. The van der Waals surface area contributed by atoms with Gasteiger partial charge in [0.15, 0.2) is 6.17 Å². The lowest BCUT2D eigenvalue weighted by atomic mass is 9.97. The molecule has 4 aromatic rings. The zero-order valence-electron chi connectivity index (χ0n) is 16.5. The Balaban J connectivity index is 1.76. The first kappa shape index (κ1) is 17.8. The Hall–Kier alpha value is -3.31. The van der Waals surface area contributed by atoms with Gasteiger partial charge in [-0.2, -0.15) is 5.10 Å². The van der Waals surface area contributed by atoms with Crippen LogP contribution in [-0.4, -0.2) is 28.1 Å². The quantitative estimate of drug-likeness (QED) is 0.536. The summed E-state index contributed by atoms with van der Waals surface area (Å²) in [4.78, 5) is 0. The van der Waals surface area contributed by atoms with Gasteiger partial charge in [0.1, 0.15) is 12.4 Å². The number of rotatable bonds is 4. The number of ether oxygens (including phenoxy) is 1. The van der Waals surface area contributed by atoms with E-state index in [1.54, 1.807) is 0 Å². The van der Waals surface area contributed by atoms with Crippen LogP contribution >= 0.6 is 0 Å². The molecule has 0 fully saturated rings. The van der Waals surface area contributed by atoms with Gasteiger partial charge in [-0.1, -0.05) is 42.0 Å². The van der Waals surface area contributed by atoms with Crippen molar-refractivity contribution in [2.45, 2.75) is 20.0 Å². The third-order valence-corrected chi connectivity index (χ3v) is 5.40. The number of nitrogens with one attached hydrogen (secondary N) is 1. The van der Waals surface area contributed by atoms with E-state index < -0.39 is 0 Å². The van der Waals surface area contributed by atoms with E-state index in [0.717, 1.165) is 44.7 Å². The molecule has 3 aromatic carbocycles. The van der Waals surface area contributed by atoms with Gasteiger partial charge in [0, 0.05) is 16.8 Å². The number of anilines is 1. The Labute approximate surface area is 169 Å². The van der Waals surface area contributed by atoms with Crippen molar-refractivity contribution in [3.8, 4) is 17.0 Å². The minimum absolute atomic E-state index is 0.0292. The van der Waals surface area contributed by atoms with E-state index in [4.69, 9.17) is 9.84 Å². The highest BCUT2D eigenvalue weighted by atomic mass is 16.5. The summed E-state index contributed by atoms with van der Waals surface area (Å²) in [6.45, 7) is 4.34. The molecule has 1 aliphatic heterocycles. The number of hydrogen-bond acceptors (Lipinski definition) is 4. The van der Waals surface area contributed by atoms with E-state index in [2.05, 4.69) is 54.7 Å². The Bertz CT molecular complexity index is 1210. The summed E-state index contributed by atoms with van der Waals surface area (Å²) in [5.74, 6) is 0.755. The first-order chi connectivity index (χ1) is 14.2. The predicted octanol–water partition coefficient (Wildman–Crippen LogP) is 4.66. The molecule has 5 nitrogen and oxygen atoms in total. The fourth-order valence-electron chi connectivity index (χ4n) is 4.15. The van der Waals surface area contributed by atoms with Crippen LogP contribution in [0.1, 0.15) is 23.0 Å². The average molecular weight is 385 g/mol. The molecule has 0 radical (unpaired) electrons. The van der Waals surface area contributed by atoms with Gasteiger partial charge < -0.3 is 15.2 Å². The maximum Gasteiger partial charge on any atom is 0.151 e. The highest BCUT2D eigenvalue weighted by Crippen LogP contribution is 2.43. The van der Waals surface area contributed by atoms with Gasteiger partial charge in [0.25, 0.3) is 0 Å². The van der Waals surface area contributed by atoms with Crippen LogP contribution < -0.4 is 10.1 Å². The Morgan fingerprint density at radius 2 is 1.93 bits per heavy atom. The van der Waals surface area contributed by atoms with Gasteiger partial charge in [0.2, 0.25) is 0 Å². The number of nitrogens with zero attached hydrogens (tertiary/aromatic N) is 2. The number of benzene rings is 3. The van der Waals surface area contributed by atoms with E-state index in [-0.39, 0.29) is 19.4 Å². The molecule has 0 amide bonds. The van der Waals surface area contributed by atoms with Crippen molar-refractivity contribution in [2.24, 2.45) is 0 Å². The van der Waals surface area contributed by atoms with Gasteiger partial charge in [-0.15, -0.1) is 0 Å². The molecule has 1 atom stereocenters. The van der Waals surface area contributed by atoms with Crippen LogP contribution in [-0.2, 0) is 0 Å². The molecule has 1 aliphatic rings. The summed E-state index contributed by atoms with van der Waals surface area (Å²) in [5, 5.41) is 20.0. The minimum Gasteiger partial charge on any atom is -0.491 e. The maximum atomic E-state index is 9.30. The van der Waals surface area contributed by atoms with Crippen molar-refractivity contribution in [1.82, 2.24) is 9.78 Å². The SMILES string of the molecule is Cc1ccc2c(c1)-c1cc(C)nn1C(c1c(OCCO)ccc3ccccc13)N2. The monoisotopic (exact) mass is 385 g/mol. The Morgan fingerprint density at radius 1 is 1.07 bits per heavy atom. The molecular formula is C24H23N3O2. The smallest absolute Gasteiger partial charge is 0.151 e. The van der Waals surface area contributed by atoms with Gasteiger partial charge in [-0.05, 0) is 48.9 Å². The van der Waals surface area contributed by atoms with E-state index >= 15 is 0 Å². The lowest BCUT2D eigenvalue weighted by Crippen LogP contribution is -2.26. The van der Waals surface area contributed by atoms with E-state index in [9.17, 15) is 5.11 Å². The van der Waals surface area contributed by atoms with Crippen molar-refractivity contribution in [3.05, 3.63) is 77.5 Å². The number of aliphatic hydroxyl groups is 1. The molecule has 0 aliphatic carbocycles. The maximum absolute atomic E-state index is 9.30. The van der Waals surface area contributed by atoms with Crippen molar-refractivity contribution in [2.75, 3.05) is 18.5 Å². The van der Waals surface area contributed by atoms with Crippen molar-refractivity contribution in [1.29, 1.82) is 0 Å². The highest BCUT2D eigenvalue weighted by Gasteiger charge is 2.30. The zero-order valence-corrected chi connectivity index (χ0v) is 16.5. The number of fused-ring (bicyclic) bond motifs is 4. The lowest BCUT2D eigenvalue weighted by molar-refractivity contribution is 0.199. The van der Waals surface area contributed by atoms with Gasteiger partial charge in [0.05, 0.1) is 18.0 Å². The zero-order chi connectivity index (χ0) is 20.0. The van der Waals surface area contributed by atoms with Crippen LogP contribution in [0.3, 0.4) is 0 Å². The third-order valence-electron chi connectivity index (χ3n) is 5.40.